The third-order valence-electron chi connectivity index (χ3n) is 6.27. The lowest BCUT2D eigenvalue weighted by molar-refractivity contribution is 0.140. The van der Waals surface area contributed by atoms with Gasteiger partial charge in [-0.2, -0.15) is 0 Å². The SMILES string of the molecule is O=C1O[C@H](Cc2ccon2)CN1c1ccc(N2CCN(c3ccc4nonc4c3)CC2)c(F)c1. The van der Waals surface area contributed by atoms with Crippen molar-refractivity contribution in [2.45, 2.75) is 12.5 Å². The van der Waals surface area contributed by atoms with Crippen LogP contribution in [0.15, 0.2) is 57.9 Å². The highest BCUT2D eigenvalue weighted by Gasteiger charge is 2.33. The molecule has 0 radical (unpaired) electrons. The molecular weight excluding hydrogens is 443 g/mol. The van der Waals surface area contributed by atoms with Gasteiger partial charge in [0.05, 0.1) is 23.6 Å². The molecule has 2 saturated heterocycles. The largest absolute Gasteiger partial charge is 0.444 e. The van der Waals surface area contributed by atoms with E-state index in [1.807, 2.05) is 23.1 Å². The first-order valence-electron chi connectivity index (χ1n) is 11.0. The van der Waals surface area contributed by atoms with E-state index in [0.29, 0.717) is 48.6 Å². The molecule has 0 bridgehead atoms. The standard InChI is InChI=1S/C23H21FN6O4/c24-19-12-17(30-14-18(33-23(30)31)11-15-5-10-32-25-15)2-4-22(19)29-8-6-28(7-9-29)16-1-3-20-21(13-16)27-34-26-20/h1-5,10,12-13,18H,6-9,11,14H2/t18-/m1/s1. The Kier molecular flexibility index (Phi) is 5.01. The number of ether oxygens (including phenoxy) is 1. The second kappa shape index (κ2) is 8.32. The molecule has 10 nitrogen and oxygen atoms in total. The summed E-state index contributed by atoms with van der Waals surface area (Å²) in [7, 11) is 0. The van der Waals surface area contributed by atoms with Crippen LogP contribution in [0.4, 0.5) is 26.2 Å². The van der Waals surface area contributed by atoms with Gasteiger partial charge in [-0.15, -0.1) is 0 Å². The summed E-state index contributed by atoms with van der Waals surface area (Å²) >= 11 is 0. The minimum Gasteiger partial charge on any atom is -0.444 e. The highest BCUT2D eigenvalue weighted by Crippen LogP contribution is 2.30. The molecule has 2 aromatic carbocycles. The topological polar surface area (TPSA) is 101 Å². The first-order chi connectivity index (χ1) is 16.6. The molecule has 0 N–H and O–H groups in total. The Morgan fingerprint density at radius 2 is 1.71 bits per heavy atom. The minimum atomic E-state index is -0.492. The van der Waals surface area contributed by atoms with Gasteiger partial charge in [-0.1, -0.05) is 5.16 Å². The summed E-state index contributed by atoms with van der Waals surface area (Å²) in [5.74, 6) is -0.367. The number of anilines is 3. The molecule has 4 aromatic rings. The van der Waals surface area contributed by atoms with Crippen LogP contribution in [0, 0.1) is 5.82 Å². The van der Waals surface area contributed by atoms with Crippen molar-refractivity contribution in [3.63, 3.8) is 0 Å². The van der Waals surface area contributed by atoms with Crippen molar-refractivity contribution in [2.75, 3.05) is 47.4 Å². The Balaban J connectivity index is 1.11. The number of nitrogens with zero attached hydrogens (tertiary/aromatic N) is 6. The summed E-state index contributed by atoms with van der Waals surface area (Å²) in [6.07, 6.45) is 1.07. The van der Waals surface area contributed by atoms with Crippen molar-refractivity contribution < 1.29 is 23.1 Å². The summed E-state index contributed by atoms with van der Waals surface area (Å²) < 4.78 is 30.1. The summed E-state index contributed by atoms with van der Waals surface area (Å²) in [4.78, 5) is 18.0. The Hall–Kier alpha value is -4.15. The zero-order chi connectivity index (χ0) is 23.1. The van der Waals surface area contributed by atoms with Crippen LogP contribution in [0.25, 0.3) is 11.0 Å². The molecule has 2 aromatic heterocycles. The Bertz CT molecular complexity index is 1320. The number of cyclic esters (lactones) is 1. The number of benzene rings is 2. The number of piperazine rings is 1. The van der Waals surface area contributed by atoms with Gasteiger partial charge in [0.1, 0.15) is 29.2 Å². The molecule has 2 fully saturated rings. The Morgan fingerprint density at radius 1 is 0.912 bits per heavy atom. The molecule has 0 aliphatic carbocycles. The van der Waals surface area contributed by atoms with Crippen molar-refractivity contribution in [3.8, 4) is 0 Å². The minimum absolute atomic E-state index is 0.328. The fourth-order valence-corrected chi connectivity index (χ4v) is 4.51. The van der Waals surface area contributed by atoms with E-state index in [2.05, 4.69) is 20.4 Å². The quantitative estimate of drug-likeness (QED) is 0.440. The van der Waals surface area contributed by atoms with E-state index in [1.165, 1.54) is 17.2 Å². The summed E-state index contributed by atoms with van der Waals surface area (Å²) in [5, 5.41) is 11.6. The van der Waals surface area contributed by atoms with Crippen molar-refractivity contribution >= 4 is 34.2 Å². The Morgan fingerprint density at radius 3 is 2.50 bits per heavy atom. The van der Waals surface area contributed by atoms with Gasteiger partial charge in [0.2, 0.25) is 0 Å². The van der Waals surface area contributed by atoms with Crippen molar-refractivity contribution in [1.29, 1.82) is 0 Å². The monoisotopic (exact) mass is 464 g/mol. The van der Waals surface area contributed by atoms with Gasteiger partial charge in [-0.3, -0.25) is 4.90 Å². The molecule has 6 rings (SSSR count). The number of aromatic nitrogens is 3. The van der Waals surface area contributed by atoms with E-state index >= 15 is 4.39 Å². The van der Waals surface area contributed by atoms with Crippen LogP contribution in [0.5, 0.6) is 0 Å². The van der Waals surface area contributed by atoms with Gasteiger partial charge < -0.3 is 19.1 Å². The van der Waals surface area contributed by atoms with Crippen LogP contribution in [0.3, 0.4) is 0 Å². The van der Waals surface area contributed by atoms with Gasteiger partial charge in [-0.05, 0) is 46.7 Å². The van der Waals surface area contributed by atoms with Crippen LogP contribution in [-0.2, 0) is 11.2 Å². The summed E-state index contributed by atoms with van der Waals surface area (Å²) in [6.45, 7) is 3.13. The van der Waals surface area contributed by atoms with Crippen LogP contribution >= 0.6 is 0 Å². The molecular formula is C23H21FN6O4. The lowest BCUT2D eigenvalue weighted by Crippen LogP contribution is -2.46. The number of rotatable bonds is 5. The smallest absolute Gasteiger partial charge is 0.414 e. The lowest BCUT2D eigenvalue weighted by atomic mass is 10.1. The maximum absolute atomic E-state index is 15.1. The first-order valence-corrected chi connectivity index (χ1v) is 11.0. The highest BCUT2D eigenvalue weighted by atomic mass is 19.1. The maximum Gasteiger partial charge on any atom is 0.414 e. The molecule has 2 aliphatic heterocycles. The fourth-order valence-electron chi connectivity index (χ4n) is 4.51. The second-order valence-corrected chi connectivity index (χ2v) is 8.36. The highest BCUT2D eigenvalue weighted by molar-refractivity contribution is 5.90. The molecule has 34 heavy (non-hydrogen) atoms. The number of carbonyl (C=O) groups excluding carboxylic acids is 1. The normalized spacial score (nSPS) is 18.7. The van der Waals surface area contributed by atoms with Gasteiger partial charge >= 0.3 is 6.09 Å². The third-order valence-corrected chi connectivity index (χ3v) is 6.27. The predicted molar refractivity (Wildman–Crippen MR) is 120 cm³/mol. The first kappa shape index (κ1) is 20.5. The number of hydrogen-bond donors (Lipinski definition) is 0. The molecule has 0 saturated carbocycles. The molecule has 2 aliphatic rings. The molecule has 4 heterocycles. The van der Waals surface area contributed by atoms with Crippen molar-refractivity contribution in [3.05, 3.63) is 60.2 Å². The number of halogens is 1. The summed E-state index contributed by atoms with van der Waals surface area (Å²) in [5.41, 5.74) is 4.17. The zero-order valence-electron chi connectivity index (χ0n) is 18.1. The summed E-state index contributed by atoms with van der Waals surface area (Å²) in [6, 6.07) is 12.4. The number of hydrogen-bond acceptors (Lipinski definition) is 9. The average molecular weight is 464 g/mol. The van der Waals surface area contributed by atoms with Gasteiger partial charge in [-0.25, -0.2) is 13.8 Å². The van der Waals surface area contributed by atoms with E-state index in [0.717, 1.165) is 24.3 Å². The van der Waals surface area contributed by atoms with Crippen LogP contribution < -0.4 is 14.7 Å². The van der Waals surface area contributed by atoms with Crippen molar-refractivity contribution in [1.82, 2.24) is 15.5 Å². The molecule has 0 spiro atoms. The average Bonchev–Trinajstić information content (AvgIpc) is 3.60. The van der Waals surface area contributed by atoms with E-state index in [-0.39, 0.29) is 11.9 Å². The molecule has 1 amide bonds. The van der Waals surface area contributed by atoms with Crippen LogP contribution in [-0.4, -0.2) is 60.4 Å². The van der Waals surface area contributed by atoms with Crippen molar-refractivity contribution in [2.24, 2.45) is 0 Å². The zero-order valence-corrected chi connectivity index (χ0v) is 18.1. The maximum atomic E-state index is 15.1. The second-order valence-electron chi connectivity index (χ2n) is 8.36. The number of amides is 1. The van der Waals surface area contributed by atoms with Gasteiger partial charge in [0.15, 0.2) is 0 Å². The molecule has 1 atom stereocenters. The van der Waals surface area contributed by atoms with Crippen LogP contribution in [0.2, 0.25) is 0 Å². The molecule has 0 unspecified atom stereocenters. The third kappa shape index (κ3) is 3.78. The predicted octanol–water partition coefficient (Wildman–Crippen LogP) is 3.24. The van der Waals surface area contributed by atoms with Gasteiger partial charge in [0, 0.05) is 44.4 Å². The van der Waals surface area contributed by atoms with Gasteiger partial charge in [0.25, 0.3) is 0 Å². The molecule has 174 valence electrons. The number of carbonyl (C=O) groups is 1. The molecule has 11 heteroatoms. The van der Waals surface area contributed by atoms with E-state index in [4.69, 9.17) is 13.9 Å². The van der Waals surface area contributed by atoms with E-state index in [1.54, 1.807) is 18.2 Å². The van der Waals surface area contributed by atoms with E-state index in [9.17, 15) is 4.79 Å². The fraction of sp³-hybridized carbons (Fsp3) is 0.304. The lowest BCUT2D eigenvalue weighted by Gasteiger charge is -2.37. The number of fused-ring (bicyclic) bond motifs is 1. The Labute approximate surface area is 193 Å². The van der Waals surface area contributed by atoms with E-state index < -0.39 is 6.09 Å². The van der Waals surface area contributed by atoms with Crippen LogP contribution in [0.1, 0.15) is 5.69 Å².